The first-order valence-corrected chi connectivity index (χ1v) is 6.18. The van der Waals surface area contributed by atoms with Gasteiger partial charge in [-0.1, -0.05) is 0 Å². The van der Waals surface area contributed by atoms with Crippen molar-refractivity contribution in [2.75, 3.05) is 0 Å². The molecular formula is C15H11N3O3. The van der Waals surface area contributed by atoms with Crippen molar-refractivity contribution in [2.45, 2.75) is 0 Å². The van der Waals surface area contributed by atoms with Crippen LogP contribution in [0.3, 0.4) is 0 Å². The van der Waals surface area contributed by atoms with Crippen LogP contribution in [0.4, 0.5) is 0 Å². The van der Waals surface area contributed by atoms with Gasteiger partial charge in [-0.25, -0.2) is 4.68 Å². The highest BCUT2D eigenvalue weighted by Crippen LogP contribution is 2.22. The summed E-state index contributed by atoms with van der Waals surface area (Å²) in [4.78, 5) is 21.6. The number of rotatable bonds is 4. The SMILES string of the molecule is NC(=O)c1ccn(-c2ccc(-c3ccc(C=O)o3)cc2)n1. The number of benzene rings is 1. The van der Waals surface area contributed by atoms with Crippen LogP contribution in [0, 0.1) is 0 Å². The monoisotopic (exact) mass is 281 g/mol. The molecule has 104 valence electrons. The molecule has 0 fully saturated rings. The van der Waals surface area contributed by atoms with Gasteiger partial charge < -0.3 is 10.2 Å². The van der Waals surface area contributed by atoms with E-state index in [1.807, 2.05) is 24.3 Å². The maximum absolute atomic E-state index is 11.0. The molecular weight excluding hydrogens is 270 g/mol. The van der Waals surface area contributed by atoms with Crippen LogP contribution in [-0.2, 0) is 0 Å². The number of aromatic nitrogens is 2. The number of furan rings is 1. The number of carbonyl (C=O) groups excluding carboxylic acids is 2. The number of hydrogen-bond donors (Lipinski definition) is 1. The summed E-state index contributed by atoms with van der Waals surface area (Å²) in [6.07, 6.45) is 2.32. The summed E-state index contributed by atoms with van der Waals surface area (Å²) in [6.45, 7) is 0. The van der Waals surface area contributed by atoms with E-state index in [1.165, 1.54) is 0 Å². The number of primary amides is 1. The Labute approximate surface area is 119 Å². The molecule has 0 aliphatic carbocycles. The number of aldehydes is 1. The van der Waals surface area contributed by atoms with E-state index in [4.69, 9.17) is 10.2 Å². The molecule has 0 saturated carbocycles. The first kappa shape index (κ1) is 12.9. The molecule has 3 aromatic rings. The minimum atomic E-state index is -0.567. The topological polar surface area (TPSA) is 91.1 Å². The van der Waals surface area contributed by atoms with E-state index in [2.05, 4.69) is 5.10 Å². The van der Waals surface area contributed by atoms with Crippen LogP contribution in [0.5, 0.6) is 0 Å². The Hall–Kier alpha value is -3.15. The zero-order valence-electron chi connectivity index (χ0n) is 10.9. The molecule has 6 nitrogen and oxygen atoms in total. The fraction of sp³-hybridized carbons (Fsp3) is 0. The van der Waals surface area contributed by atoms with Crippen molar-refractivity contribution in [3.63, 3.8) is 0 Å². The number of carbonyl (C=O) groups is 2. The first-order valence-electron chi connectivity index (χ1n) is 6.18. The van der Waals surface area contributed by atoms with Crippen LogP contribution in [0.15, 0.2) is 53.1 Å². The van der Waals surface area contributed by atoms with Crippen LogP contribution >= 0.6 is 0 Å². The lowest BCUT2D eigenvalue weighted by Crippen LogP contribution is -2.12. The third-order valence-corrected chi connectivity index (χ3v) is 3.00. The maximum atomic E-state index is 11.0. The average Bonchev–Trinajstić information content (AvgIpc) is 3.17. The highest BCUT2D eigenvalue weighted by atomic mass is 16.3. The minimum absolute atomic E-state index is 0.209. The van der Waals surface area contributed by atoms with E-state index in [-0.39, 0.29) is 11.5 Å². The van der Waals surface area contributed by atoms with Gasteiger partial charge in [-0.2, -0.15) is 5.10 Å². The molecule has 0 bridgehead atoms. The standard InChI is InChI=1S/C15H11N3O3/c16-15(20)13-7-8-18(17-13)11-3-1-10(2-4-11)14-6-5-12(9-19)21-14/h1-9H,(H2,16,20). The smallest absolute Gasteiger partial charge is 0.269 e. The second-order valence-corrected chi connectivity index (χ2v) is 4.38. The van der Waals surface area contributed by atoms with Crippen LogP contribution < -0.4 is 5.73 Å². The quantitative estimate of drug-likeness (QED) is 0.741. The van der Waals surface area contributed by atoms with Gasteiger partial charge in [-0.3, -0.25) is 9.59 Å². The molecule has 0 saturated heterocycles. The molecule has 0 spiro atoms. The van der Waals surface area contributed by atoms with Crippen LogP contribution in [0.2, 0.25) is 0 Å². The van der Waals surface area contributed by atoms with Gasteiger partial charge in [0.1, 0.15) is 11.5 Å². The normalized spacial score (nSPS) is 10.5. The van der Waals surface area contributed by atoms with Gasteiger partial charge in [0.05, 0.1) is 5.69 Å². The molecule has 6 heteroatoms. The summed E-state index contributed by atoms with van der Waals surface area (Å²) in [7, 11) is 0. The van der Waals surface area contributed by atoms with Crippen molar-refractivity contribution in [1.29, 1.82) is 0 Å². The van der Waals surface area contributed by atoms with Gasteiger partial charge in [0.25, 0.3) is 5.91 Å². The summed E-state index contributed by atoms with van der Waals surface area (Å²) >= 11 is 0. The second kappa shape index (κ2) is 5.09. The highest BCUT2D eigenvalue weighted by Gasteiger charge is 2.07. The van der Waals surface area contributed by atoms with E-state index in [0.29, 0.717) is 12.0 Å². The van der Waals surface area contributed by atoms with Crippen molar-refractivity contribution >= 4 is 12.2 Å². The molecule has 0 atom stereocenters. The van der Waals surface area contributed by atoms with E-state index in [9.17, 15) is 9.59 Å². The van der Waals surface area contributed by atoms with Gasteiger partial charge in [-0.15, -0.1) is 0 Å². The van der Waals surface area contributed by atoms with Crippen LogP contribution in [-0.4, -0.2) is 22.0 Å². The molecule has 2 N–H and O–H groups in total. The van der Waals surface area contributed by atoms with Gasteiger partial charge in [0.2, 0.25) is 0 Å². The first-order chi connectivity index (χ1) is 10.2. The summed E-state index contributed by atoms with van der Waals surface area (Å²) < 4.78 is 6.91. The third-order valence-electron chi connectivity index (χ3n) is 3.00. The second-order valence-electron chi connectivity index (χ2n) is 4.38. The summed E-state index contributed by atoms with van der Waals surface area (Å²) in [5, 5.41) is 4.07. The van der Waals surface area contributed by atoms with Gasteiger partial charge in [0.15, 0.2) is 12.0 Å². The number of nitrogens with two attached hydrogens (primary N) is 1. The highest BCUT2D eigenvalue weighted by molar-refractivity contribution is 5.90. The third kappa shape index (κ3) is 2.46. The summed E-state index contributed by atoms with van der Waals surface area (Å²) in [6, 6.07) is 12.2. The van der Waals surface area contributed by atoms with Crippen molar-refractivity contribution in [1.82, 2.24) is 9.78 Å². The largest absolute Gasteiger partial charge is 0.453 e. The van der Waals surface area contributed by atoms with Crippen molar-refractivity contribution < 1.29 is 14.0 Å². The number of hydrogen-bond acceptors (Lipinski definition) is 4. The molecule has 3 rings (SSSR count). The van der Waals surface area contributed by atoms with E-state index in [1.54, 1.807) is 29.1 Å². The molecule has 1 aromatic carbocycles. The fourth-order valence-electron chi connectivity index (χ4n) is 1.95. The zero-order valence-corrected chi connectivity index (χ0v) is 10.9. The maximum Gasteiger partial charge on any atom is 0.269 e. The Morgan fingerprint density at radius 1 is 1.14 bits per heavy atom. The zero-order chi connectivity index (χ0) is 14.8. The van der Waals surface area contributed by atoms with Crippen molar-refractivity contribution in [3.8, 4) is 17.0 Å². The molecule has 0 radical (unpaired) electrons. The molecule has 0 aliphatic heterocycles. The lowest BCUT2D eigenvalue weighted by Gasteiger charge is -2.02. The molecule has 2 aromatic heterocycles. The van der Waals surface area contributed by atoms with Gasteiger partial charge in [-0.05, 0) is 42.5 Å². The minimum Gasteiger partial charge on any atom is -0.453 e. The molecule has 1 amide bonds. The fourth-order valence-corrected chi connectivity index (χ4v) is 1.95. The molecule has 21 heavy (non-hydrogen) atoms. The average molecular weight is 281 g/mol. The van der Waals surface area contributed by atoms with Crippen LogP contribution in [0.25, 0.3) is 17.0 Å². The number of amides is 1. The Morgan fingerprint density at radius 3 is 2.48 bits per heavy atom. The Balaban J connectivity index is 1.89. The van der Waals surface area contributed by atoms with E-state index >= 15 is 0 Å². The Kier molecular flexibility index (Phi) is 3.12. The lowest BCUT2D eigenvalue weighted by atomic mass is 10.1. The van der Waals surface area contributed by atoms with Crippen molar-refractivity contribution in [3.05, 3.63) is 60.1 Å². The summed E-state index contributed by atoms with van der Waals surface area (Å²) in [5.41, 5.74) is 7.00. The summed E-state index contributed by atoms with van der Waals surface area (Å²) in [5.74, 6) is 0.330. The van der Waals surface area contributed by atoms with Gasteiger partial charge in [0, 0.05) is 11.8 Å². The Bertz CT molecular complexity index is 800. The van der Waals surface area contributed by atoms with E-state index < -0.39 is 5.91 Å². The molecule has 0 aliphatic rings. The molecule has 0 unspecified atom stereocenters. The lowest BCUT2D eigenvalue weighted by molar-refractivity contribution is 0.0994. The number of nitrogens with zero attached hydrogens (tertiary/aromatic N) is 2. The predicted molar refractivity (Wildman–Crippen MR) is 75.2 cm³/mol. The van der Waals surface area contributed by atoms with E-state index in [0.717, 1.165) is 11.3 Å². The predicted octanol–water partition coefficient (Wildman–Crippen LogP) is 2.04. The van der Waals surface area contributed by atoms with Gasteiger partial charge >= 0.3 is 0 Å². The molecule has 2 heterocycles. The van der Waals surface area contributed by atoms with Crippen molar-refractivity contribution in [2.24, 2.45) is 5.73 Å². The van der Waals surface area contributed by atoms with Crippen LogP contribution in [0.1, 0.15) is 21.0 Å². The Morgan fingerprint density at radius 2 is 1.90 bits per heavy atom.